The lowest BCUT2D eigenvalue weighted by Gasteiger charge is -2.32. The minimum Gasteiger partial charge on any atom is -0.360 e. The second kappa shape index (κ2) is 4.46. The van der Waals surface area contributed by atoms with Crippen LogP contribution in [0.5, 0.6) is 0 Å². The highest BCUT2D eigenvalue weighted by Crippen LogP contribution is 2.30. The van der Waals surface area contributed by atoms with Gasteiger partial charge >= 0.3 is 0 Å². The normalized spacial score (nSPS) is 14.2. The predicted octanol–water partition coefficient (Wildman–Crippen LogP) is 1.97. The third kappa shape index (κ3) is 2.39. The van der Waals surface area contributed by atoms with Crippen LogP contribution in [0.15, 0.2) is 18.2 Å². The summed E-state index contributed by atoms with van der Waals surface area (Å²) in [5.74, 6) is 0.470. The van der Waals surface area contributed by atoms with E-state index in [1.165, 1.54) is 0 Å². The number of amides is 1. The molecule has 1 N–H and O–H groups in total. The maximum atomic E-state index is 11.6. The fraction of sp³-hybridized carbons (Fsp3) is 0.385. The van der Waals surface area contributed by atoms with Gasteiger partial charge in [0.1, 0.15) is 0 Å². The van der Waals surface area contributed by atoms with Crippen molar-refractivity contribution in [1.29, 1.82) is 5.26 Å². The van der Waals surface area contributed by atoms with Gasteiger partial charge in [0.05, 0.1) is 29.6 Å². The first-order chi connectivity index (χ1) is 8.10. The molecule has 88 valence electrons. The predicted molar refractivity (Wildman–Crippen MR) is 66.8 cm³/mol. The fourth-order valence-electron chi connectivity index (χ4n) is 2.03. The molecule has 0 aliphatic carbocycles. The highest BCUT2D eigenvalue weighted by Gasteiger charge is 2.22. The van der Waals surface area contributed by atoms with E-state index in [-0.39, 0.29) is 5.91 Å². The Labute approximate surface area is 101 Å². The average molecular weight is 229 g/mol. The third-order valence-corrected chi connectivity index (χ3v) is 2.66. The Morgan fingerprint density at radius 3 is 2.94 bits per heavy atom. The van der Waals surface area contributed by atoms with Gasteiger partial charge in [-0.3, -0.25) is 4.79 Å². The summed E-state index contributed by atoms with van der Waals surface area (Å²) in [5.41, 5.74) is 2.30. The maximum Gasteiger partial charge on any atom is 0.243 e. The highest BCUT2D eigenvalue weighted by atomic mass is 16.2. The number of nitrogens with zero attached hydrogens (tertiary/aromatic N) is 2. The van der Waals surface area contributed by atoms with Gasteiger partial charge in [-0.05, 0) is 24.1 Å². The van der Waals surface area contributed by atoms with Crippen molar-refractivity contribution < 1.29 is 4.79 Å². The van der Waals surface area contributed by atoms with Crippen LogP contribution in [0.25, 0.3) is 0 Å². The van der Waals surface area contributed by atoms with Crippen LogP contribution in [0.4, 0.5) is 11.4 Å². The van der Waals surface area contributed by atoms with Crippen molar-refractivity contribution in [1.82, 2.24) is 0 Å². The molecule has 1 aliphatic heterocycles. The number of fused-ring (bicyclic) bond motifs is 1. The van der Waals surface area contributed by atoms with Crippen LogP contribution in [0, 0.1) is 17.2 Å². The van der Waals surface area contributed by atoms with E-state index in [4.69, 9.17) is 5.26 Å². The number of benzene rings is 1. The van der Waals surface area contributed by atoms with E-state index in [2.05, 4.69) is 30.1 Å². The van der Waals surface area contributed by atoms with Crippen LogP contribution in [-0.4, -0.2) is 19.0 Å². The zero-order valence-corrected chi connectivity index (χ0v) is 10.0. The summed E-state index contributed by atoms with van der Waals surface area (Å²) in [6.45, 7) is 5.47. The molecule has 0 aromatic heterocycles. The molecule has 4 heteroatoms. The highest BCUT2D eigenvalue weighted by molar-refractivity contribution is 6.01. The van der Waals surface area contributed by atoms with Crippen molar-refractivity contribution in [3.63, 3.8) is 0 Å². The van der Waals surface area contributed by atoms with E-state index >= 15 is 0 Å². The second-order valence-corrected chi connectivity index (χ2v) is 4.67. The number of nitrogens with one attached hydrogen (secondary N) is 1. The molecule has 0 saturated carbocycles. The molecule has 0 saturated heterocycles. The summed E-state index contributed by atoms with van der Waals surface area (Å²) >= 11 is 0. The first-order valence-electron chi connectivity index (χ1n) is 5.69. The van der Waals surface area contributed by atoms with Gasteiger partial charge in [-0.15, -0.1) is 0 Å². The summed E-state index contributed by atoms with van der Waals surface area (Å²) < 4.78 is 0. The maximum absolute atomic E-state index is 11.6. The van der Waals surface area contributed by atoms with Gasteiger partial charge in [0.25, 0.3) is 0 Å². The van der Waals surface area contributed by atoms with Crippen LogP contribution < -0.4 is 10.2 Å². The van der Waals surface area contributed by atoms with E-state index < -0.39 is 0 Å². The van der Waals surface area contributed by atoms with Crippen molar-refractivity contribution in [2.24, 2.45) is 5.92 Å². The van der Waals surface area contributed by atoms with Crippen LogP contribution in [0.3, 0.4) is 0 Å². The topological polar surface area (TPSA) is 56.1 Å². The van der Waals surface area contributed by atoms with Crippen LogP contribution >= 0.6 is 0 Å². The Balaban J connectivity index is 2.37. The monoisotopic (exact) mass is 229 g/mol. The Morgan fingerprint density at radius 2 is 2.29 bits per heavy atom. The molecule has 1 aromatic rings. The summed E-state index contributed by atoms with van der Waals surface area (Å²) in [4.78, 5) is 13.6. The lowest BCUT2D eigenvalue weighted by atomic mass is 10.1. The molecule has 1 aromatic carbocycles. The standard InChI is InChI=1S/C13H15N3O/c1-9(2)7-16-8-13(17)15-11-5-10(6-14)3-4-12(11)16/h3-5,9H,7-8H2,1-2H3,(H,15,17). The number of nitriles is 1. The first-order valence-corrected chi connectivity index (χ1v) is 5.69. The molecule has 1 heterocycles. The van der Waals surface area contributed by atoms with E-state index in [0.29, 0.717) is 18.0 Å². The number of anilines is 2. The van der Waals surface area contributed by atoms with Gasteiger partial charge in [0.2, 0.25) is 5.91 Å². The number of carbonyl (C=O) groups excluding carboxylic acids is 1. The molecule has 0 spiro atoms. The number of carbonyl (C=O) groups is 1. The van der Waals surface area contributed by atoms with Crippen LogP contribution in [0.2, 0.25) is 0 Å². The fourth-order valence-corrected chi connectivity index (χ4v) is 2.03. The van der Waals surface area contributed by atoms with E-state index in [0.717, 1.165) is 17.9 Å². The summed E-state index contributed by atoms with van der Waals surface area (Å²) in [6, 6.07) is 7.48. The summed E-state index contributed by atoms with van der Waals surface area (Å²) in [7, 11) is 0. The minimum absolute atomic E-state index is 0.0201. The van der Waals surface area contributed by atoms with Gasteiger partial charge in [0, 0.05) is 6.54 Å². The molecule has 1 aliphatic rings. The van der Waals surface area contributed by atoms with Crippen molar-refractivity contribution in [2.45, 2.75) is 13.8 Å². The Morgan fingerprint density at radius 1 is 1.53 bits per heavy atom. The smallest absolute Gasteiger partial charge is 0.243 e. The van der Waals surface area contributed by atoms with Crippen molar-refractivity contribution in [3.8, 4) is 6.07 Å². The van der Waals surface area contributed by atoms with Crippen LogP contribution in [-0.2, 0) is 4.79 Å². The molecule has 2 rings (SSSR count). The van der Waals surface area contributed by atoms with Gasteiger partial charge < -0.3 is 10.2 Å². The van der Waals surface area contributed by atoms with E-state index in [1.54, 1.807) is 12.1 Å². The zero-order chi connectivity index (χ0) is 12.4. The Kier molecular flexibility index (Phi) is 3.01. The first kappa shape index (κ1) is 11.5. The molecule has 0 fully saturated rings. The number of hydrogen-bond acceptors (Lipinski definition) is 3. The molecular formula is C13H15N3O. The Bertz CT molecular complexity index is 488. The SMILES string of the molecule is CC(C)CN1CC(=O)Nc2cc(C#N)ccc21. The molecule has 0 atom stereocenters. The summed E-state index contributed by atoms with van der Waals surface area (Å²) in [5, 5.41) is 11.6. The molecule has 17 heavy (non-hydrogen) atoms. The molecular weight excluding hydrogens is 214 g/mol. The molecule has 1 amide bonds. The van der Waals surface area contributed by atoms with Gasteiger partial charge in [-0.1, -0.05) is 13.8 Å². The minimum atomic E-state index is -0.0201. The average Bonchev–Trinajstić information content (AvgIpc) is 2.27. The molecule has 0 bridgehead atoms. The summed E-state index contributed by atoms with van der Waals surface area (Å²) in [6.07, 6.45) is 0. The second-order valence-electron chi connectivity index (χ2n) is 4.67. The van der Waals surface area contributed by atoms with E-state index in [9.17, 15) is 4.79 Å². The van der Waals surface area contributed by atoms with Gasteiger partial charge in [0.15, 0.2) is 0 Å². The molecule has 0 unspecified atom stereocenters. The molecule has 0 radical (unpaired) electrons. The lowest BCUT2D eigenvalue weighted by molar-refractivity contribution is -0.115. The Hall–Kier alpha value is -2.02. The zero-order valence-electron chi connectivity index (χ0n) is 10.0. The lowest BCUT2D eigenvalue weighted by Crippen LogP contribution is -2.40. The quantitative estimate of drug-likeness (QED) is 0.843. The molecule has 4 nitrogen and oxygen atoms in total. The number of hydrogen-bond donors (Lipinski definition) is 1. The van der Waals surface area contributed by atoms with Crippen molar-refractivity contribution >= 4 is 17.3 Å². The van der Waals surface area contributed by atoms with Gasteiger partial charge in [-0.2, -0.15) is 5.26 Å². The van der Waals surface area contributed by atoms with E-state index in [1.807, 2.05) is 6.07 Å². The van der Waals surface area contributed by atoms with Crippen molar-refractivity contribution in [3.05, 3.63) is 23.8 Å². The number of rotatable bonds is 2. The van der Waals surface area contributed by atoms with Gasteiger partial charge in [-0.25, -0.2) is 0 Å². The third-order valence-electron chi connectivity index (χ3n) is 2.66. The van der Waals surface area contributed by atoms with Crippen molar-refractivity contribution in [2.75, 3.05) is 23.3 Å². The van der Waals surface area contributed by atoms with Crippen LogP contribution in [0.1, 0.15) is 19.4 Å². The largest absolute Gasteiger partial charge is 0.360 e.